The summed E-state index contributed by atoms with van der Waals surface area (Å²) >= 11 is 1.56. The van der Waals surface area contributed by atoms with Crippen molar-refractivity contribution >= 4 is 62.6 Å². The lowest BCUT2D eigenvalue weighted by molar-refractivity contribution is -0.144. The Morgan fingerprint density at radius 3 is 2.25 bits per heavy atom. The molecule has 8 heterocycles. The molecule has 484 valence electrons. The van der Waals surface area contributed by atoms with Crippen LogP contribution >= 0.6 is 11.3 Å². The van der Waals surface area contributed by atoms with E-state index < -0.39 is 58.3 Å². The highest BCUT2D eigenvalue weighted by atomic mass is 32.1. The first-order chi connectivity index (χ1) is 43.2. The maximum atomic E-state index is 17.4. The Morgan fingerprint density at radius 2 is 1.60 bits per heavy atom. The van der Waals surface area contributed by atoms with E-state index >= 15 is 13.2 Å². The Labute approximate surface area is 533 Å². The van der Waals surface area contributed by atoms with Crippen molar-refractivity contribution in [2.75, 3.05) is 70.4 Å². The van der Waals surface area contributed by atoms with Crippen LogP contribution in [0.2, 0.25) is 0 Å². The quantitative estimate of drug-likeness (QED) is 0.0663. The van der Waals surface area contributed by atoms with Gasteiger partial charge in [-0.2, -0.15) is 9.97 Å². The van der Waals surface area contributed by atoms with E-state index in [1.165, 1.54) is 35.4 Å². The molecule has 4 N–H and O–H groups in total. The fourth-order valence-corrected chi connectivity index (χ4v) is 14.7. The van der Waals surface area contributed by atoms with Crippen LogP contribution in [0.1, 0.15) is 123 Å². The van der Waals surface area contributed by atoms with Gasteiger partial charge in [-0.25, -0.2) is 22.9 Å². The van der Waals surface area contributed by atoms with E-state index in [1.807, 2.05) is 95.0 Å². The van der Waals surface area contributed by atoms with Gasteiger partial charge in [0.05, 0.1) is 57.8 Å². The molecule has 4 amide bonds. The summed E-state index contributed by atoms with van der Waals surface area (Å²) in [7, 11) is 0. The minimum absolute atomic E-state index is 0.0267. The number of aromatic nitrogens is 4. The molecule has 3 aromatic carbocycles. The number of ether oxygens (including phenoxy) is 2. The van der Waals surface area contributed by atoms with Crippen molar-refractivity contribution in [3.05, 3.63) is 88.7 Å². The van der Waals surface area contributed by atoms with Gasteiger partial charge in [-0.1, -0.05) is 57.0 Å². The van der Waals surface area contributed by atoms with Crippen LogP contribution in [0.4, 0.5) is 23.8 Å². The Kier molecular flexibility index (Phi) is 18.6. The third-order valence-electron chi connectivity index (χ3n) is 18.7. The van der Waals surface area contributed by atoms with E-state index in [4.69, 9.17) is 20.9 Å². The number of terminal acetylenes is 1. The van der Waals surface area contributed by atoms with Gasteiger partial charge in [-0.15, -0.1) is 17.8 Å². The molecule has 19 nitrogen and oxygen atoms in total. The second kappa shape index (κ2) is 26.2. The van der Waals surface area contributed by atoms with Crippen molar-refractivity contribution in [2.45, 2.75) is 154 Å². The van der Waals surface area contributed by atoms with Crippen LogP contribution in [0, 0.1) is 42.2 Å². The number of anilines is 1. The van der Waals surface area contributed by atoms with Crippen LogP contribution in [0.3, 0.4) is 0 Å². The number of aliphatic hydroxyl groups excluding tert-OH is 1. The Balaban J connectivity index is 0.686. The summed E-state index contributed by atoms with van der Waals surface area (Å²) in [5.41, 5.74) is 1.47. The number of fused-ring (bicyclic) bond motifs is 4. The molecule has 5 saturated heterocycles. The van der Waals surface area contributed by atoms with Gasteiger partial charge >= 0.3 is 12.1 Å². The van der Waals surface area contributed by atoms with Crippen molar-refractivity contribution in [2.24, 2.45) is 11.3 Å². The van der Waals surface area contributed by atoms with Gasteiger partial charge in [0.25, 0.3) is 0 Å². The molecule has 6 atom stereocenters. The number of aromatic hydroxyl groups is 1. The summed E-state index contributed by atoms with van der Waals surface area (Å²) in [5.74, 6) is -0.0786. The number of alkyl halides is 1. The number of benzene rings is 3. The molecular weight excluding hydrogens is 1190 g/mol. The molecule has 0 spiro atoms. The molecule has 4 unspecified atom stereocenters. The van der Waals surface area contributed by atoms with Gasteiger partial charge in [-0.3, -0.25) is 34.1 Å². The zero-order valence-electron chi connectivity index (χ0n) is 53.0. The van der Waals surface area contributed by atoms with Crippen molar-refractivity contribution in [1.82, 2.24) is 50.2 Å². The normalized spacial score (nSPS) is 21.4. The molecule has 5 aliphatic rings. The molecule has 23 heteroatoms. The first-order valence-corrected chi connectivity index (χ1v) is 32.5. The summed E-state index contributed by atoms with van der Waals surface area (Å²) in [4.78, 5) is 84.3. The number of aliphatic hydroxyl groups is 1. The van der Waals surface area contributed by atoms with E-state index in [0.29, 0.717) is 68.8 Å². The van der Waals surface area contributed by atoms with Crippen LogP contribution in [-0.4, -0.2) is 181 Å². The molecule has 91 heavy (non-hydrogen) atoms. The molecule has 0 radical (unpaired) electrons. The van der Waals surface area contributed by atoms with Gasteiger partial charge in [0, 0.05) is 62.8 Å². The Hall–Kier alpha value is -7.65. The molecule has 0 saturated carbocycles. The number of carbonyl (C=O) groups is 4. The van der Waals surface area contributed by atoms with Gasteiger partial charge in [0.15, 0.2) is 5.82 Å². The number of nitrogens with zero attached hydrogens (tertiary/aromatic N) is 9. The zero-order chi connectivity index (χ0) is 64.8. The van der Waals surface area contributed by atoms with Crippen molar-refractivity contribution in [3.8, 4) is 45.8 Å². The topological polar surface area (TPSA) is 219 Å². The summed E-state index contributed by atoms with van der Waals surface area (Å²) in [6, 6.07) is 10.5. The SMILES string of the molecule is C#Cc1c(F)ccc2cc(O)cc(-c3ncc4c(N5CC6CCC(C5)N6C(=O)OC(C)(C)C)nc(OCCN5CCC(CC6(F)CCN(CC(=O)NC(C(=O)N7C[C@H](O)C[C@H]7C(=O)NC(C)c7ccc(-c8scnc8C)cc7)C(C)(C)C)CC6)CC5)nc4c3F)c12. The van der Waals surface area contributed by atoms with Gasteiger partial charge in [0.1, 0.15) is 58.6 Å². The van der Waals surface area contributed by atoms with Gasteiger partial charge < -0.3 is 40.1 Å². The third kappa shape index (κ3) is 14.2. The van der Waals surface area contributed by atoms with Crippen LogP contribution in [0.15, 0.2) is 60.2 Å². The molecule has 6 aromatic rings. The number of β-amino-alcohol motifs (C(OH)–C–C–N with tert-alkyl or cyclic N) is 1. The number of aryl methyl sites for hydroxylation is 1. The number of halogens is 3. The third-order valence-corrected chi connectivity index (χ3v) is 19.6. The number of piperazine rings is 1. The lowest BCUT2D eigenvalue weighted by Crippen LogP contribution is -2.59. The molecule has 11 rings (SSSR count). The fourth-order valence-electron chi connectivity index (χ4n) is 13.9. The molecule has 3 aromatic heterocycles. The summed E-state index contributed by atoms with van der Waals surface area (Å²) in [5, 5.41) is 28.5. The number of hydrogen-bond donors (Lipinski definition) is 4. The summed E-state index contributed by atoms with van der Waals surface area (Å²) in [6.45, 7) is 18.3. The maximum absolute atomic E-state index is 17.4. The second-order valence-electron chi connectivity index (χ2n) is 27.5. The number of rotatable bonds is 16. The smallest absolute Gasteiger partial charge is 0.410 e. The van der Waals surface area contributed by atoms with E-state index in [0.717, 1.165) is 47.4 Å². The number of amides is 4. The molecule has 0 aliphatic carbocycles. The van der Waals surface area contributed by atoms with E-state index in [2.05, 4.69) is 36.4 Å². The number of hydrogen-bond acceptors (Lipinski definition) is 16. The molecule has 5 aliphatic heterocycles. The average molecular weight is 1270 g/mol. The number of likely N-dealkylation sites (tertiary alicyclic amines) is 3. The van der Waals surface area contributed by atoms with Crippen LogP contribution in [0.5, 0.6) is 11.8 Å². The number of pyridine rings is 1. The molecular formula is C68H82F3N11O8S. The molecule has 5 fully saturated rings. The number of phenols is 1. The standard InChI is InChI=1S/C68H82F3N11O8S/c1-10-49-52(69)18-15-44-29-47(83)30-50(55(44)49)57-56(70)58-51(33-72-57)61(80-34-45-16-17-46(35-80)82(45)65(88)90-67(7,8)9)77-64(76-58)89-28-27-78-23-19-41(20-24-78)32-68(71)21-25-79(26-22-68)37-54(85)75-60(66(4,5)6)63(87)81-36-48(84)31-53(81)62(86)74-39(2)42-11-13-43(14-12-42)59-40(3)73-38-91-59/h1,11-15,18,29-30,33,38-39,41,45-46,48,53,60,83-84H,16-17,19-28,31-32,34-37H2,2-9H3,(H,74,86)(H,75,85)/t39?,45?,46?,48-,53+,60?/m1/s1. The predicted molar refractivity (Wildman–Crippen MR) is 342 cm³/mol. The van der Waals surface area contributed by atoms with Gasteiger partial charge in [-0.05, 0) is 139 Å². The van der Waals surface area contributed by atoms with Crippen LogP contribution < -0.4 is 20.3 Å². The Morgan fingerprint density at radius 1 is 0.901 bits per heavy atom. The van der Waals surface area contributed by atoms with Crippen molar-refractivity contribution in [3.63, 3.8) is 0 Å². The minimum atomic E-state index is -1.41. The summed E-state index contributed by atoms with van der Waals surface area (Å²) < 4.78 is 61.4. The zero-order valence-corrected chi connectivity index (χ0v) is 53.8. The van der Waals surface area contributed by atoms with E-state index in [1.54, 1.807) is 16.2 Å². The molecule has 2 bridgehead atoms. The first-order valence-electron chi connectivity index (χ1n) is 31.6. The average Bonchev–Trinajstić information content (AvgIpc) is 1.40. The highest BCUT2D eigenvalue weighted by Crippen LogP contribution is 2.42. The highest BCUT2D eigenvalue weighted by molar-refractivity contribution is 7.13. The number of carbonyl (C=O) groups excluding carboxylic acids is 4. The second-order valence-corrected chi connectivity index (χ2v) is 28.3. The number of nitrogens with one attached hydrogen (secondary N) is 2. The van der Waals surface area contributed by atoms with Crippen LogP contribution in [0.25, 0.3) is 43.4 Å². The first kappa shape index (κ1) is 64.9. The maximum Gasteiger partial charge on any atom is 0.410 e. The lowest BCUT2D eigenvalue weighted by Gasteiger charge is -2.42. The lowest BCUT2D eigenvalue weighted by atomic mass is 9.80. The predicted octanol–water partition coefficient (Wildman–Crippen LogP) is 9.49. The number of thiazole rings is 1. The number of phenolic OH excluding ortho intramolecular Hbond substituents is 1. The van der Waals surface area contributed by atoms with E-state index in [-0.39, 0.29) is 114 Å². The van der Waals surface area contributed by atoms with Crippen LogP contribution in [-0.2, 0) is 19.1 Å². The van der Waals surface area contributed by atoms with Crippen molar-refractivity contribution < 1.29 is 52.0 Å². The van der Waals surface area contributed by atoms with E-state index in [9.17, 15) is 29.4 Å². The Bertz CT molecular complexity index is 3750. The fraction of sp³-hybridized carbons (Fsp3) is 0.529. The highest BCUT2D eigenvalue weighted by Gasteiger charge is 2.47. The van der Waals surface area contributed by atoms with Gasteiger partial charge in [0.2, 0.25) is 17.7 Å². The largest absolute Gasteiger partial charge is 0.508 e. The monoisotopic (exact) mass is 1270 g/mol. The summed E-state index contributed by atoms with van der Waals surface area (Å²) in [6.07, 6.45) is 9.92. The van der Waals surface area contributed by atoms with Crippen molar-refractivity contribution in [1.29, 1.82) is 0 Å². The minimum Gasteiger partial charge on any atom is -0.508 e. The number of piperidine rings is 2.